The maximum absolute atomic E-state index is 13.0. The van der Waals surface area contributed by atoms with Crippen molar-refractivity contribution < 1.29 is 18.9 Å². The molecule has 27 heavy (non-hydrogen) atoms. The van der Waals surface area contributed by atoms with Gasteiger partial charge in [-0.05, 0) is 25.1 Å². The highest BCUT2D eigenvalue weighted by Crippen LogP contribution is 2.24. The number of fused-ring (bicyclic) bond motifs is 1. The Kier molecular flexibility index (Phi) is 4.58. The van der Waals surface area contributed by atoms with Crippen molar-refractivity contribution in [1.82, 2.24) is 9.47 Å². The van der Waals surface area contributed by atoms with E-state index < -0.39 is 0 Å². The molecule has 140 valence electrons. The monoisotopic (exact) mass is 366 g/mol. The van der Waals surface area contributed by atoms with Gasteiger partial charge in [-0.2, -0.15) is 0 Å². The fourth-order valence-corrected chi connectivity index (χ4v) is 3.95. The Morgan fingerprint density at radius 2 is 1.85 bits per heavy atom. The Morgan fingerprint density at radius 3 is 2.56 bits per heavy atom. The number of ketones is 1. The van der Waals surface area contributed by atoms with Gasteiger partial charge in [-0.15, -0.1) is 0 Å². The molecule has 6 nitrogen and oxygen atoms in total. The Balaban J connectivity index is 1.43. The first-order valence-corrected chi connectivity index (χ1v) is 9.30. The van der Waals surface area contributed by atoms with Crippen molar-refractivity contribution in [2.75, 3.05) is 32.7 Å². The molecule has 3 aromatic rings. The lowest BCUT2D eigenvalue weighted by atomic mass is 10.1. The number of amides is 1. The summed E-state index contributed by atoms with van der Waals surface area (Å²) in [6.45, 7) is 5.26. The molecule has 0 bridgehead atoms. The number of nitrogens with one attached hydrogen (secondary N) is 1. The van der Waals surface area contributed by atoms with Crippen LogP contribution in [0, 0.1) is 6.92 Å². The first kappa shape index (κ1) is 17.5. The number of hydrogen-bond acceptors (Lipinski definition) is 3. The summed E-state index contributed by atoms with van der Waals surface area (Å²) in [7, 11) is 2.00. The molecule has 0 radical (unpaired) electrons. The van der Waals surface area contributed by atoms with Gasteiger partial charge in [-0.25, -0.2) is 0 Å². The predicted octanol–water partition coefficient (Wildman–Crippen LogP) is 1.30. The molecule has 1 amide bonds. The highest BCUT2D eigenvalue weighted by atomic mass is 16.3. The van der Waals surface area contributed by atoms with Gasteiger partial charge >= 0.3 is 0 Å². The summed E-state index contributed by atoms with van der Waals surface area (Å²) in [5.74, 6) is 0.473. The van der Waals surface area contributed by atoms with E-state index in [0.717, 1.165) is 35.2 Å². The second kappa shape index (κ2) is 7.04. The molecule has 1 aliphatic heterocycles. The van der Waals surface area contributed by atoms with E-state index in [0.29, 0.717) is 25.4 Å². The largest absolute Gasteiger partial charge is 0.459 e. The zero-order valence-corrected chi connectivity index (χ0v) is 15.7. The van der Waals surface area contributed by atoms with Crippen LogP contribution in [0.15, 0.2) is 47.1 Å². The minimum atomic E-state index is -0.0738. The predicted molar refractivity (Wildman–Crippen MR) is 102 cm³/mol. The summed E-state index contributed by atoms with van der Waals surface area (Å²) < 4.78 is 7.28. The Hall–Kier alpha value is -2.86. The minimum absolute atomic E-state index is 0.0738. The smallest absolute Gasteiger partial charge is 0.289 e. The molecule has 1 aromatic carbocycles. The fourth-order valence-electron chi connectivity index (χ4n) is 3.95. The number of para-hydroxylation sites is 1. The second-order valence-electron chi connectivity index (χ2n) is 7.16. The van der Waals surface area contributed by atoms with Crippen molar-refractivity contribution >= 4 is 22.6 Å². The lowest BCUT2D eigenvalue weighted by Gasteiger charge is -2.31. The quantitative estimate of drug-likeness (QED) is 0.708. The molecular formula is C21H24N3O3+. The van der Waals surface area contributed by atoms with Crippen LogP contribution < -0.4 is 4.90 Å². The van der Waals surface area contributed by atoms with Crippen molar-refractivity contribution in [2.24, 2.45) is 7.05 Å². The van der Waals surface area contributed by atoms with Gasteiger partial charge in [0.05, 0.1) is 38.0 Å². The van der Waals surface area contributed by atoms with Gasteiger partial charge in [0.15, 0.2) is 5.76 Å². The summed E-state index contributed by atoms with van der Waals surface area (Å²) in [5, 5.41) is 1.02. The number of nitrogens with zero attached hydrogens (tertiary/aromatic N) is 2. The van der Waals surface area contributed by atoms with Crippen LogP contribution in [0.25, 0.3) is 10.9 Å². The van der Waals surface area contributed by atoms with Gasteiger partial charge < -0.3 is 18.8 Å². The molecule has 6 heteroatoms. The zero-order valence-electron chi connectivity index (χ0n) is 15.7. The van der Waals surface area contributed by atoms with Crippen molar-refractivity contribution in [3.8, 4) is 0 Å². The van der Waals surface area contributed by atoms with E-state index in [1.54, 1.807) is 17.0 Å². The highest BCUT2D eigenvalue weighted by molar-refractivity contribution is 6.10. The number of quaternary nitrogens is 1. The van der Waals surface area contributed by atoms with Gasteiger partial charge in [0, 0.05) is 23.6 Å². The standard InChI is InChI=1S/C21H23N3O3/c1-15-20(16-6-3-4-7-17(16)22(15)2)18(25)14-23-9-11-24(12-10-23)21(26)19-8-5-13-27-19/h3-8,13H,9-12,14H2,1-2H3/p+1. The lowest BCUT2D eigenvalue weighted by Crippen LogP contribution is -3.15. The molecule has 1 aliphatic rings. The molecule has 4 rings (SSSR count). The van der Waals surface area contributed by atoms with E-state index in [-0.39, 0.29) is 11.7 Å². The van der Waals surface area contributed by atoms with E-state index >= 15 is 0 Å². The average molecular weight is 366 g/mol. The summed E-state index contributed by atoms with van der Waals surface area (Å²) in [6, 6.07) is 11.4. The van der Waals surface area contributed by atoms with Crippen LogP contribution in [0.4, 0.5) is 0 Å². The van der Waals surface area contributed by atoms with Crippen molar-refractivity contribution in [3.05, 3.63) is 59.7 Å². The third-order valence-electron chi connectivity index (χ3n) is 5.58. The zero-order chi connectivity index (χ0) is 19.0. The Bertz CT molecular complexity index is 980. The molecule has 0 aliphatic carbocycles. The molecule has 1 fully saturated rings. The van der Waals surface area contributed by atoms with E-state index in [1.165, 1.54) is 11.2 Å². The number of carbonyl (C=O) groups is 2. The van der Waals surface area contributed by atoms with E-state index in [4.69, 9.17) is 4.42 Å². The van der Waals surface area contributed by atoms with E-state index in [9.17, 15) is 9.59 Å². The summed E-state index contributed by atoms with van der Waals surface area (Å²) in [6.07, 6.45) is 1.51. The molecule has 0 atom stereocenters. The summed E-state index contributed by atoms with van der Waals surface area (Å²) in [4.78, 5) is 28.4. The lowest BCUT2D eigenvalue weighted by molar-refractivity contribution is -0.895. The number of carbonyl (C=O) groups excluding carboxylic acids is 2. The third-order valence-corrected chi connectivity index (χ3v) is 5.58. The molecule has 1 N–H and O–H groups in total. The van der Waals surface area contributed by atoms with Crippen molar-refractivity contribution in [1.29, 1.82) is 0 Å². The molecule has 3 heterocycles. The number of benzene rings is 1. The number of hydrogen-bond donors (Lipinski definition) is 1. The number of rotatable bonds is 4. The van der Waals surface area contributed by atoms with Crippen molar-refractivity contribution in [2.45, 2.75) is 6.92 Å². The number of furan rings is 1. The van der Waals surface area contributed by atoms with Crippen LogP contribution in [-0.2, 0) is 7.05 Å². The normalized spacial score (nSPS) is 15.4. The van der Waals surface area contributed by atoms with Gasteiger partial charge in [0.2, 0.25) is 5.78 Å². The molecule has 0 unspecified atom stereocenters. The summed E-state index contributed by atoms with van der Waals surface area (Å²) >= 11 is 0. The number of aromatic nitrogens is 1. The van der Waals surface area contributed by atoms with Gasteiger partial charge in [0.25, 0.3) is 5.91 Å². The number of Topliss-reactive ketones (excluding diaryl/α,β-unsaturated/α-hetero) is 1. The maximum Gasteiger partial charge on any atom is 0.289 e. The second-order valence-corrected chi connectivity index (χ2v) is 7.16. The Morgan fingerprint density at radius 1 is 1.11 bits per heavy atom. The van der Waals surface area contributed by atoms with Crippen molar-refractivity contribution in [3.63, 3.8) is 0 Å². The van der Waals surface area contributed by atoms with Gasteiger partial charge in [-0.3, -0.25) is 9.59 Å². The van der Waals surface area contributed by atoms with E-state index in [2.05, 4.69) is 4.57 Å². The topological polar surface area (TPSA) is 59.9 Å². The number of aryl methyl sites for hydroxylation is 1. The van der Waals surface area contributed by atoms with Crippen LogP contribution >= 0.6 is 0 Å². The fraction of sp³-hybridized carbons (Fsp3) is 0.333. The molecule has 0 saturated carbocycles. The highest BCUT2D eigenvalue weighted by Gasteiger charge is 2.28. The summed E-state index contributed by atoms with van der Waals surface area (Å²) in [5.41, 5.74) is 2.92. The van der Waals surface area contributed by atoms with Gasteiger partial charge in [0.1, 0.15) is 6.54 Å². The molecule has 0 spiro atoms. The maximum atomic E-state index is 13.0. The van der Waals surface area contributed by atoms with Crippen LogP contribution in [0.1, 0.15) is 26.6 Å². The molecule has 1 saturated heterocycles. The molecular weight excluding hydrogens is 342 g/mol. The SMILES string of the molecule is Cc1c(C(=O)C[NH+]2CCN(C(=O)c3ccco3)CC2)c2ccccc2n1C. The van der Waals surface area contributed by atoms with Crippen LogP contribution in [0.3, 0.4) is 0 Å². The van der Waals surface area contributed by atoms with E-state index in [1.807, 2.05) is 38.2 Å². The average Bonchev–Trinajstić information content (AvgIpc) is 3.30. The first-order chi connectivity index (χ1) is 13.1. The third kappa shape index (κ3) is 3.17. The van der Waals surface area contributed by atoms with Crippen LogP contribution in [0.5, 0.6) is 0 Å². The van der Waals surface area contributed by atoms with Crippen LogP contribution in [-0.4, -0.2) is 53.9 Å². The molecule has 2 aromatic heterocycles. The Labute approximate surface area is 158 Å². The minimum Gasteiger partial charge on any atom is -0.459 e. The van der Waals surface area contributed by atoms with Crippen LogP contribution in [0.2, 0.25) is 0 Å². The number of piperazine rings is 1. The van der Waals surface area contributed by atoms with Gasteiger partial charge in [-0.1, -0.05) is 18.2 Å². The first-order valence-electron chi connectivity index (χ1n) is 9.30.